The van der Waals surface area contributed by atoms with Crippen LogP contribution in [0, 0.1) is 10.8 Å². The normalized spacial score (nSPS) is 25.0. The van der Waals surface area contributed by atoms with Crippen LogP contribution in [0.1, 0.15) is 66.2 Å². The molecule has 0 aliphatic heterocycles. The van der Waals surface area contributed by atoms with E-state index >= 15 is 0 Å². The Labute approximate surface area is 77.7 Å². The highest BCUT2D eigenvalue weighted by Crippen LogP contribution is 2.58. The smallest absolute Gasteiger partial charge is 0.0290 e. The summed E-state index contributed by atoms with van der Waals surface area (Å²) in [4.78, 5) is 0. The van der Waals surface area contributed by atoms with Crippen LogP contribution in [-0.2, 0) is 0 Å². The van der Waals surface area contributed by atoms with E-state index in [4.69, 9.17) is 0 Å². The molecule has 0 unspecified atom stereocenters. The first kappa shape index (κ1) is 10.1. The van der Waals surface area contributed by atoms with E-state index < -0.39 is 0 Å². The zero-order chi connectivity index (χ0) is 9.24. The molecule has 0 heterocycles. The molecule has 0 aromatic carbocycles. The van der Waals surface area contributed by atoms with Crippen LogP contribution in [0.15, 0.2) is 0 Å². The van der Waals surface area contributed by atoms with Gasteiger partial charge in [0, 0.05) is 0 Å². The van der Waals surface area contributed by atoms with E-state index in [0.29, 0.717) is 5.41 Å². The first-order chi connectivity index (χ1) is 5.54. The molecule has 0 saturated heterocycles. The van der Waals surface area contributed by atoms with Gasteiger partial charge in [0.25, 0.3) is 0 Å². The lowest BCUT2D eigenvalue weighted by atomic mass is 9.52. The van der Waals surface area contributed by atoms with Crippen molar-refractivity contribution in [1.29, 1.82) is 0 Å². The van der Waals surface area contributed by atoms with Gasteiger partial charge in [-0.2, -0.15) is 0 Å². The van der Waals surface area contributed by atoms with E-state index in [2.05, 4.69) is 27.7 Å². The van der Waals surface area contributed by atoms with Crippen molar-refractivity contribution in [3.8, 4) is 0 Å². The van der Waals surface area contributed by atoms with Gasteiger partial charge in [0.2, 0.25) is 0 Å². The molecule has 1 saturated carbocycles. The summed E-state index contributed by atoms with van der Waals surface area (Å²) in [5.41, 5.74) is 1.41. The minimum Gasteiger partial charge on any atom is -0.0654 e. The van der Waals surface area contributed by atoms with Crippen molar-refractivity contribution in [3.05, 3.63) is 0 Å². The van der Waals surface area contributed by atoms with Gasteiger partial charge < -0.3 is 0 Å². The Morgan fingerprint density at radius 2 is 1.67 bits per heavy atom. The molecule has 0 radical (unpaired) electrons. The molecule has 1 aliphatic rings. The van der Waals surface area contributed by atoms with Gasteiger partial charge in [-0.25, -0.2) is 0 Å². The van der Waals surface area contributed by atoms with Crippen LogP contribution in [0.5, 0.6) is 0 Å². The quantitative estimate of drug-likeness (QED) is 0.584. The number of hydrogen-bond acceptors (Lipinski definition) is 0. The molecule has 1 fully saturated rings. The van der Waals surface area contributed by atoms with Crippen molar-refractivity contribution in [2.45, 2.75) is 66.2 Å². The Hall–Kier alpha value is 0. The van der Waals surface area contributed by atoms with Crippen molar-refractivity contribution in [3.63, 3.8) is 0 Å². The number of unbranched alkanes of at least 4 members (excludes halogenated alkanes) is 1. The van der Waals surface area contributed by atoms with Crippen LogP contribution >= 0.6 is 0 Å². The summed E-state index contributed by atoms with van der Waals surface area (Å²) in [6.07, 6.45) is 8.61. The number of hydrogen-bond donors (Lipinski definition) is 0. The highest BCUT2D eigenvalue weighted by Gasteiger charge is 2.46. The monoisotopic (exact) mass is 168 g/mol. The van der Waals surface area contributed by atoms with Gasteiger partial charge in [-0.15, -0.1) is 0 Å². The fraction of sp³-hybridized carbons (Fsp3) is 1.00. The van der Waals surface area contributed by atoms with Crippen molar-refractivity contribution < 1.29 is 0 Å². The first-order valence-electron chi connectivity index (χ1n) is 5.54. The first-order valence-corrected chi connectivity index (χ1v) is 5.54. The lowest BCUT2D eigenvalue weighted by molar-refractivity contribution is -0.0250. The zero-order valence-corrected chi connectivity index (χ0v) is 9.24. The van der Waals surface area contributed by atoms with E-state index in [1.54, 1.807) is 0 Å². The molecule has 0 bridgehead atoms. The van der Waals surface area contributed by atoms with Gasteiger partial charge in [0.15, 0.2) is 0 Å². The van der Waals surface area contributed by atoms with E-state index in [0.717, 1.165) is 5.41 Å². The summed E-state index contributed by atoms with van der Waals surface area (Å²) in [7, 11) is 0. The van der Waals surface area contributed by atoms with Gasteiger partial charge in [-0.3, -0.25) is 0 Å². The number of rotatable bonds is 4. The molecule has 1 rings (SSSR count). The Balaban J connectivity index is 2.36. The second-order valence-corrected chi connectivity index (χ2v) is 5.47. The Morgan fingerprint density at radius 1 is 1.08 bits per heavy atom. The lowest BCUT2D eigenvalue weighted by Crippen LogP contribution is -2.42. The van der Waals surface area contributed by atoms with Gasteiger partial charge in [-0.05, 0) is 30.1 Å². The molecule has 0 aromatic rings. The molecule has 0 atom stereocenters. The van der Waals surface area contributed by atoms with Gasteiger partial charge in [-0.1, -0.05) is 47.0 Å². The highest BCUT2D eigenvalue weighted by molar-refractivity contribution is 4.97. The van der Waals surface area contributed by atoms with E-state index in [-0.39, 0.29) is 0 Å². The summed E-state index contributed by atoms with van der Waals surface area (Å²) < 4.78 is 0. The zero-order valence-electron chi connectivity index (χ0n) is 9.24. The van der Waals surface area contributed by atoms with E-state index in [9.17, 15) is 0 Å². The Bertz CT molecular complexity index is 136. The molecular weight excluding hydrogens is 144 g/mol. The van der Waals surface area contributed by atoms with Crippen LogP contribution in [-0.4, -0.2) is 0 Å². The molecule has 0 spiro atoms. The van der Waals surface area contributed by atoms with Gasteiger partial charge >= 0.3 is 0 Å². The maximum Gasteiger partial charge on any atom is -0.0290 e. The van der Waals surface area contributed by atoms with Crippen LogP contribution < -0.4 is 0 Å². The van der Waals surface area contributed by atoms with Gasteiger partial charge in [0.05, 0.1) is 0 Å². The third-order valence-corrected chi connectivity index (χ3v) is 3.52. The maximum atomic E-state index is 2.41. The second kappa shape index (κ2) is 3.40. The van der Waals surface area contributed by atoms with Crippen molar-refractivity contribution in [1.82, 2.24) is 0 Å². The fourth-order valence-corrected chi connectivity index (χ4v) is 3.13. The third kappa shape index (κ3) is 2.02. The van der Waals surface area contributed by atoms with Crippen molar-refractivity contribution in [2.24, 2.45) is 10.8 Å². The molecule has 72 valence electrons. The molecule has 1 aliphatic carbocycles. The average Bonchev–Trinajstić information content (AvgIpc) is 1.96. The Morgan fingerprint density at radius 3 is 2.00 bits per heavy atom. The molecule has 0 aromatic heterocycles. The third-order valence-electron chi connectivity index (χ3n) is 3.52. The highest BCUT2D eigenvalue weighted by atomic mass is 14.5. The minimum atomic E-state index is 0.656. The maximum absolute atomic E-state index is 2.41. The fourth-order valence-electron chi connectivity index (χ4n) is 3.13. The lowest BCUT2D eigenvalue weighted by Gasteiger charge is -2.53. The molecule has 0 amide bonds. The van der Waals surface area contributed by atoms with Crippen molar-refractivity contribution in [2.75, 3.05) is 0 Å². The molecule has 12 heavy (non-hydrogen) atoms. The second-order valence-electron chi connectivity index (χ2n) is 5.47. The summed E-state index contributed by atoms with van der Waals surface area (Å²) >= 11 is 0. The molecule has 0 heteroatoms. The van der Waals surface area contributed by atoms with Gasteiger partial charge in [0.1, 0.15) is 0 Å². The molecular formula is C12H24. The standard InChI is InChI=1S/C12H24/c1-5-7-8-12(6-2)9-11(3,4)10-12/h5-10H2,1-4H3. The topological polar surface area (TPSA) is 0 Å². The van der Waals surface area contributed by atoms with E-state index in [1.807, 2.05) is 0 Å². The summed E-state index contributed by atoms with van der Waals surface area (Å²) in [5.74, 6) is 0. The summed E-state index contributed by atoms with van der Waals surface area (Å²) in [6.45, 7) is 9.48. The summed E-state index contributed by atoms with van der Waals surface area (Å²) in [5, 5.41) is 0. The average molecular weight is 168 g/mol. The Kier molecular flexibility index (Phi) is 2.85. The van der Waals surface area contributed by atoms with E-state index in [1.165, 1.54) is 38.5 Å². The largest absolute Gasteiger partial charge is 0.0654 e. The van der Waals surface area contributed by atoms with Crippen molar-refractivity contribution >= 4 is 0 Å². The van der Waals surface area contributed by atoms with Crippen LogP contribution in [0.25, 0.3) is 0 Å². The predicted octanol–water partition coefficient (Wildman–Crippen LogP) is 4.39. The van der Waals surface area contributed by atoms with Crippen LogP contribution in [0.4, 0.5) is 0 Å². The SMILES string of the molecule is CCCCC1(CC)CC(C)(C)C1. The van der Waals surface area contributed by atoms with Crippen LogP contribution in [0.3, 0.4) is 0 Å². The molecule has 0 nitrogen and oxygen atoms in total. The minimum absolute atomic E-state index is 0.656. The molecule has 0 N–H and O–H groups in total. The van der Waals surface area contributed by atoms with Crippen LogP contribution in [0.2, 0.25) is 0 Å². The summed E-state index contributed by atoms with van der Waals surface area (Å²) in [6, 6.07) is 0. The predicted molar refractivity (Wildman–Crippen MR) is 55.3 cm³/mol.